The van der Waals surface area contributed by atoms with Crippen molar-refractivity contribution < 1.29 is 4.79 Å². The monoisotopic (exact) mass is 286 g/mol. The fourth-order valence-electron chi connectivity index (χ4n) is 2.90. The number of hydrogen-bond acceptors (Lipinski definition) is 4. The number of aromatic nitrogens is 2. The zero-order valence-electron chi connectivity index (χ0n) is 11.9. The molecule has 1 aromatic heterocycles. The fourth-order valence-corrected chi connectivity index (χ4v) is 2.90. The highest BCUT2D eigenvalue weighted by molar-refractivity contribution is 5.95. The van der Waals surface area contributed by atoms with Crippen molar-refractivity contribution >= 4 is 16.8 Å². The van der Waals surface area contributed by atoms with E-state index in [-0.39, 0.29) is 23.1 Å². The number of hydrogen-bond donors (Lipinski definition) is 2. The summed E-state index contributed by atoms with van der Waals surface area (Å²) in [5, 5.41) is 10.4. The van der Waals surface area contributed by atoms with Crippen molar-refractivity contribution in [3.8, 4) is 0 Å². The van der Waals surface area contributed by atoms with E-state index >= 15 is 0 Å². The van der Waals surface area contributed by atoms with Crippen LogP contribution in [-0.2, 0) is 0 Å². The van der Waals surface area contributed by atoms with Crippen LogP contribution in [-0.4, -0.2) is 47.2 Å². The number of likely N-dealkylation sites (tertiary alicyclic amines) is 1. The van der Waals surface area contributed by atoms with Gasteiger partial charge in [-0.05, 0) is 32.0 Å². The van der Waals surface area contributed by atoms with Gasteiger partial charge in [0.1, 0.15) is 0 Å². The number of fused-ring (bicyclic) bond motifs is 1. The van der Waals surface area contributed by atoms with Crippen molar-refractivity contribution in [1.29, 1.82) is 0 Å². The largest absolute Gasteiger partial charge is 0.333 e. The summed E-state index contributed by atoms with van der Waals surface area (Å²) in [6.07, 6.45) is 1.92. The van der Waals surface area contributed by atoms with Crippen LogP contribution >= 0.6 is 0 Å². The van der Waals surface area contributed by atoms with Gasteiger partial charge in [0, 0.05) is 24.5 Å². The highest BCUT2D eigenvalue weighted by Crippen LogP contribution is 2.18. The van der Waals surface area contributed by atoms with Crippen LogP contribution < -0.4 is 10.7 Å². The van der Waals surface area contributed by atoms with E-state index in [1.54, 1.807) is 23.1 Å². The van der Waals surface area contributed by atoms with Crippen molar-refractivity contribution in [3.63, 3.8) is 0 Å². The van der Waals surface area contributed by atoms with E-state index in [2.05, 4.69) is 15.5 Å². The maximum atomic E-state index is 12.6. The Morgan fingerprint density at radius 2 is 2.29 bits per heavy atom. The van der Waals surface area contributed by atoms with Gasteiger partial charge >= 0.3 is 0 Å². The zero-order valence-corrected chi connectivity index (χ0v) is 11.9. The van der Waals surface area contributed by atoms with E-state index < -0.39 is 0 Å². The second-order valence-electron chi connectivity index (χ2n) is 5.30. The van der Waals surface area contributed by atoms with Crippen molar-refractivity contribution in [2.24, 2.45) is 0 Å². The Morgan fingerprint density at radius 1 is 1.48 bits per heavy atom. The summed E-state index contributed by atoms with van der Waals surface area (Å²) in [6.45, 7) is 1.41. The fraction of sp³-hybridized carbons (Fsp3) is 0.400. The molecule has 1 amide bonds. The topological polar surface area (TPSA) is 78.1 Å². The minimum atomic E-state index is -0.301. The molecule has 1 aliphatic heterocycles. The lowest BCUT2D eigenvalue weighted by Crippen LogP contribution is -2.43. The van der Waals surface area contributed by atoms with Crippen LogP contribution in [0.2, 0.25) is 0 Å². The first-order valence-corrected chi connectivity index (χ1v) is 7.15. The Morgan fingerprint density at radius 3 is 3.10 bits per heavy atom. The first-order valence-electron chi connectivity index (χ1n) is 7.15. The molecule has 110 valence electrons. The summed E-state index contributed by atoms with van der Waals surface area (Å²) in [5.41, 5.74) is 0.327. The molecule has 2 N–H and O–H groups in total. The smallest absolute Gasteiger partial charge is 0.278 e. The minimum absolute atomic E-state index is 0.0169. The van der Waals surface area contributed by atoms with E-state index in [0.29, 0.717) is 17.4 Å². The summed E-state index contributed by atoms with van der Waals surface area (Å²) in [7, 11) is 1.86. The molecule has 0 bridgehead atoms. The number of H-pyrrole nitrogens is 1. The molecule has 21 heavy (non-hydrogen) atoms. The van der Waals surface area contributed by atoms with Gasteiger partial charge < -0.3 is 10.2 Å². The predicted molar refractivity (Wildman–Crippen MR) is 80.3 cm³/mol. The summed E-state index contributed by atoms with van der Waals surface area (Å²) in [6, 6.07) is 7.23. The number of benzene rings is 1. The number of carbonyl (C=O) groups is 1. The Hall–Kier alpha value is -2.21. The van der Waals surface area contributed by atoms with Crippen LogP contribution in [0.4, 0.5) is 0 Å². The maximum absolute atomic E-state index is 12.6. The lowest BCUT2D eigenvalue weighted by atomic mass is 10.2. The van der Waals surface area contributed by atoms with Gasteiger partial charge in [-0.1, -0.05) is 12.1 Å². The third kappa shape index (κ3) is 2.42. The average molecular weight is 286 g/mol. The van der Waals surface area contributed by atoms with E-state index in [4.69, 9.17) is 0 Å². The molecular formula is C15H18N4O2. The number of amides is 1. The average Bonchev–Trinajstić information content (AvgIpc) is 2.96. The summed E-state index contributed by atoms with van der Waals surface area (Å²) in [5.74, 6) is -0.278. The van der Waals surface area contributed by atoms with Gasteiger partial charge in [0.15, 0.2) is 5.69 Å². The first-order chi connectivity index (χ1) is 10.2. The predicted octanol–water partition coefficient (Wildman–Crippen LogP) is 0.747. The van der Waals surface area contributed by atoms with Crippen LogP contribution in [0, 0.1) is 0 Å². The molecule has 2 heterocycles. The Balaban J connectivity index is 1.98. The van der Waals surface area contributed by atoms with Crippen LogP contribution in [0.15, 0.2) is 29.1 Å². The van der Waals surface area contributed by atoms with Crippen LogP contribution in [0.3, 0.4) is 0 Å². The van der Waals surface area contributed by atoms with Gasteiger partial charge in [-0.2, -0.15) is 5.10 Å². The molecule has 1 atom stereocenters. The molecule has 1 aromatic carbocycles. The molecule has 2 aromatic rings. The number of rotatable bonds is 3. The minimum Gasteiger partial charge on any atom is -0.333 e. The van der Waals surface area contributed by atoms with Gasteiger partial charge in [0.2, 0.25) is 5.43 Å². The van der Waals surface area contributed by atoms with Crippen molar-refractivity contribution in [2.75, 3.05) is 20.1 Å². The second kappa shape index (κ2) is 5.65. The van der Waals surface area contributed by atoms with Gasteiger partial charge in [-0.3, -0.25) is 14.7 Å². The van der Waals surface area contributed by atoms with Crippen LogP contribution in [0.25, 0.3) is 10.9 Å². The van der Waals surface area contributed by atoms with E-state index in [1.807, 2.05) is 13.1 Å². The number of carbonyl (C=O) groups excluding carboxylic acids is 1. The van der Waals surface area contributed by atoms with Crippen molar-refractivity contribution in [1.82, 2.24) is 20.4 Å². The molecule has 3 rings (SSSR count). The van der Waals surface area contributed by atoms with E-state index in [0.717, 1.165) is 19.4 Å². The number of aromatic amines is 1. The standard InChI is InChI=1S/C15H18N4O2/c1-16-9-10-5-4-8-19(10)15(21)13-14(20)11-6-2-3-7-12(11)17-18-13/h2-3,6-7,10,16H,4-5,8-9H2,1H3,(H,17,20)/t10-/m0/s1. The number of para-hydroxylation sites is 1. The molecule has 0 spiro atoms. The first kappa shape index (κ1) is 13.8. The van der Waals surface area contributed by atoms with Crippen molar-refractivity contribution in [2.45, 2.75) is 18.9 Å². The lowest BCUT2D eigenvalue weighted by Gasteiger charge is -2.23. The number of nitrogens with zero attached hydrogens (tertiary/aromatic N) is 2. The molecule has 0 saturated carbocycles. The SMILES string of the molecule is CNC[C@@H]1CCCN1C(=O)c1n[nH]c2ccccc2c1=O. The third-order valence-electron chi connectivity index (χ3n) is 3.96. The zero-order chi connectivity index (χ0) is 14.8. The Labute approximate surface area is 122 Å². The molecule has 6 heteroatoms. The normalized spacial score (nSPS) is 18.3. The summed E-state index contributed by atoms with van der Waals surface area (Å²) >= 11 is 0. The van der Waals surface area contributed by atoms with Gasteiger partial charge in [-0.15, -0.1) is 0 Å². The maximum Gasteiger partial charge on any atom is 0.278 e. The Kier molecular flexibility index (Phi) is 3.70. The molecular weight excluding hydrogens is 268 g/mol. The summed E-state index contributed by atoms with van der Waals surface area (Å²) < 4.78 is 0. The number of likely N-dealkylation sites (N-methyl/N-ethyl adjacent to an activating group) is 1. The third-order valence-corrected chi connectivity index (χ3v) is 3.96. The molecule has 1 fully saturated rings. The van der Waals surface area contributed by atoms with Gasteiger partial charge in [0.05, 0.1) is 5.52 Å². The number of nitrogens with one attached hydrogen (secondary N) is 2. The summed E-state index contributed by atoms with van der Waals surface area (Å²) in [4.78, 5) is 26.8. The highest BCUT2D eigenvalue weighted by Gasteiger charge is 2.31. The lowest BCUT2D eigenvalue weighted by molar-refractivity contribution is 0.0729. The van der Waals surface area contributed by atoms with Crippen molar-refractivity contribution in [3.05, 3.63) is 40.2 Å². The van der Waals surface area contributed by atoms with Gasteiger partial charge in [-0.25, -0.2) is 0 Å². The van der Waals surface area contributed by atoms with Crippen LogP contribution in [0.1, 0.15) is 23.3 Å². The van der Waals surface area contributed by atoms with E-state index in [1.165, 1.54) is 0 Å². The second-order valence-corrected chi connectivity index (χ2v) is 5.30. The molecule has 0 unspecified atom stereocenters. The molecule has 1 saturated heterocycles. The van der Waals surface area contributed by atoms with Crippen LogP contribution in [0.5, 0.6) is 0 Å². The van der Waals surface area contributed by atoms with E-state index in [9.17, 15) is 9.59 Å². The molecule has 6 nitrogen and oxygen atoms in total. The molecule has 0 radical (unpaired) electrons. The van der Waals surface area contributed by atoms with Gasteiger partial charge in [0.25, 0.3) is 5.91 Å². The Bertz CT molecular complexity index is 725. The molecule has 0 aliphatic carbocycles. The quantitative estimate of drug-likeness (QED) is 0.872. The molecule has 1 aliphatic rings. The highest BCUT2D eigenvalue weighted by atomic mass is 16.2.